The molecule has 0 aliphatic carbocycles. The summed E-state index contributed by atoms with van der Waals surface area (Å²) in [5.41, 5.74) is 0.834. The van der Waals surface area contributed by atoms with Crippen LogP contribution in [0, 0.1) is 5.92 Å². The van der Waals surface area contributed by atoms with Crippen LogP contribution < -0.4 is 9.47 Å². The lowest BCUT2D eigenvalue weighted by atomic mass is 10.1. The van der Waals surface area contributed by atoms with Gasteiger partial charge in [-0.25, -0.2) is 0 Å². The van der Waals surface area contributed by atoms with Gasteiger partial charge >= 0.3 is 0 Å². The van der Waals surface area contributed by atoms with Gasteiger partial charge in [0.05, 0.1) is 19.8 Å². The summed E-state index contributed by atoms with van der Waals surface area (Å²) in [4.78, 5) is 0. The van der Waals surface area contributed by atoms with Crippen molar-refractivity contribution in [1.29, 1.82) is 0 Å². The fourth-order valence-electron chi connectivity index (χ4n) is 1.87. The number of hydrogen-bond donors (Lipinski definition) is 1. The maximum absolute atomic E-state index is 9.53. The van der Waals surface area contributed by atoms with E-state index in [0.717, 1.165) is 17.7 Å². The number of rotatable bonds is 7. The van der Waals surface area contributed by atoms with Crippen molar-refractivity contribution in [1.82, 2.24) is 0 Å². The highest BCUT2D eigenvalue weighted by molar-refractivity contribution is 5.43. The first-order valence-corrected chi connectivity index (χ1v) is 6.57. The average Bonchev–Trinajstić information content (AvgIpc) is 2.36. The van der Waals surface area contributed by atoms with Crippen LogP contribution in [0.2, 0.25) is 0 Å². The van der Waals surface area contributed by atoms with Crippen molar-refractivity contribution in [3.05, 3.63) is 23.8 Å². The molecule has 1 aromatic rings. The monoisotopic (exact) mass is 252 g/mol. The fraction of sp³-hybridized carbons (Fsp3) is 0.600. The van der Waals surface area contributed by atoms with Crippen LogP contribution in [0.3, 0.4) is 0 Å². The Hall–Kier alpha value is -1.22. The molecule has 1 N–H and O–H groups in total. The minimum Gasteiger partial charge on any atom is -0.493 e. The second-order valence-corrected chi connectivity index (χ2v) is 4.79. The first-order valence-electron chi connectivity index (χ1n) is 6.57. The van der Waals surface area contributed by atoms with Gasteiger partial charge in [0.15, 0.2) is 11.5 Å². The number of methoxy groups -OCH3 is 1. The van der Waals surface area contributed by atoms with Gasteiger partial charge in [0.1, 0.15) is 0 Å². The molecular weight excluding hydrogens is 228 g/mol. The van der Waals surface area contributed by atoms with Gasteiger partial charge in [-0.05, 0) is 37.0 Å². The normalized spacial score (nSPS) is 14.1. The van der Waals surface area contributed by atoms with Crippen molar-refractivity contribution in [2.45, 2.75) is 39.7 Å². The summed E-state index contributed by atoms with van der Waals surface area (Å²) >= 11 is 0. The van der Waals surface area contributed by atoms with Gasteiger partial charge in [0.2, 0.25) is 0 Å². The van der Waals surface area contributed by atoms with E-state index in [9.17, 15) is 5.11 Å². The highest BCUT2D eigenvalue weighted by Gasteiger charge is 2.10. The number of benzene rings is 1. The Bertz CT molecular complexity index is 361. The summed E-state index contributed by atoms with van der Waals surface area (Å²) in [6.45, 7) is 6.78. The molecule has 1 aromatic carbocycles. The topological polar surface area (TPSA) is 38.7 Å². The average molecular weight is 252 g/mol. The Balaban J connectivity index is 2.70. The maximum atomic E-state index is 9.53. The Morgan fingerprint density at radius 1 is 1.22 bits per heavy atom. The third kappa shape index (κ3) is 4.22. The van der Waals surface area contributed by atoms with E-state index in [1.165, 1.54) is 6.42 Å². The molecule has 3 heteroatoms. The number of ether oxygens (including phenoxy) is 2. The first-order chi connectivity index (χ1) is 8.58. The molecule has 1 rings (SSSR count). The lowest BCUT2D eigenvalue weighted by Gasteiger charge is -2.16. The SMILES string of the molecule is CCCC(C)COc1ccc(C(C)O)cc1OC. The highest BCUT2D eigenvalue weighted by atomic mass is 16.5. The van der Waals surface area contributed by atoms with Crippen LogP contribution in [0.5, 0.6) is 11.5 Å². The van der Waals surface area contributed by atoms with Crippen LogP contribution in [0.25, 0.3) is 0 Å². The molecule has 102 valence electrons. The molecular formula is C15H24O3. The van der Waals surface area contributed by atoms with E-state index in [1.54, 1.807) is 14.0 Å². The van der Waals surface area contributed by atoms with Crippen LogP contribution in [-0.2, 0) is 0 Å². The van der Waals surface area contributed by atoms with Crippen LogP contribution in [0.4, 0.5) is 0 Å². The van der Waals surface area contributed by atoms with Crippen LogP contribution in [-0.4, -0.2) is 18.8 Å². The van der Waals surface area contributed by atoms with Gasteiger partial charge in [-0.1, -0.05) is 26.3 Å². The molecule has 0 radical (unpaired) electrons. The lowest BCUT2D eigenvalue weighted by molar-refractivity contribution is 0.198. The molecule has 0 amide bonds. The molecule has 0 aliphatic heterocycles. The first kappa shape index (κ1) is 14.8. The Morgan fingerprint density at radius 2 is 1.94 bits per heavy atom. The summed E-state index contributed by atoms with van der Waals surface area (Å²) in [5.74, 6) is 1.96. The smallest absolute Gasteiger partial charge is 0.161 e. The molecule has 0 saturated carbocycles. The zero-order valence-corrected chi connectivity index (χ0v) is 11.8. The minimum absolute atomic E-state index is 0.494. The zero-order valence-electron chi connectivity index (χ0n) is 11.8. The predicted molar refractivity (Wildman–Crippen MR) is 73.2 cm³/mol. The number of aliphatic hydroxyl groups excluding tert-OH is 1. The Labute approximate surface area is 110 Å². The highest BCUT2D eigenvalue weighted by Crippen LogP contribution is 2.30. The van der Waals surface area contributed by atoms with Gasteiger partial charge in [0, 0.05) is 0 Å². The van der Waals surface area contributed by atoms with E-state index >= 15 is 0 Å². The van der Waals surface area contributed by atoms with Crippen molar-refractivity contribution >= 4 is 0 Å². The van der Waals surface area contributed by atoms with Gasteiger partial charge in [0.25, 0.3) is 0 Å². The minimum atomic E-state index is -0.494. The molecule has 18 heavy (non-hydrogen) atoms. The van der Waals surface area contributed by atoms with Crippen molar-refractivity contribution in [3.63, 3.8) is 0 Å². The third-order valence-corrected chi connectivity index (χ3v) is 2.97. The molecule has 0 spiro atoms. The van der Waals surface area contributed by atoms with Gasteiger partial charge < -0.3 is 14.6 Å². The molecule has 0 saturated heterocycles. The summed E-state index contributed by atoms with van der Waals surface area (Å²) in [5, 5.41) is 9.53. The fourth-order valence-corrected chi connectivity index (χ4v) is 1.87. The van der Waals surface area contributed by atoms with E-state index in [2.05, 4.69) is 13.8 Å². The third-order valence-electron chi connectivity index (χ3n) is 2.97. The van der Waals surface area contributed by atoms with Crippen LogP contribution >= 0.6 is 0 Å². The van der Waals surface area contributed by atoms with E-state index in [1.807, 2.05) is 18.2 Å². The lowest BCUT2D eigenvalue weighted by Crippen LogP contribution is -2.09. The molecule has 2 atom stereocenters. The predicted octanol–water partition coefficient (Wildman–Crippen LogP) is 3.56. The summed E-state index contributed by atoms with van der Waals surface area (Å²) in [6.07, 6.45) is 1.84. The second-order valence-electron chi connectivity index (χ2n) is 4.79. The van der Waals surface area contributed by atoms with E-state index in [-0.39, 0.29) is 0 Å². The molecule has 3 nitrogen and oxygen atoms in total. The van der Waals surface area contributed by atoms with E-state index < -0.39 is 6.10 Å². The zero-order chi connectivity index (χ0) is 13.5. The van der Waals surface area contributed by atoms with Crippen molar-refractivity contribution in [2.24, 2.45) is 5.92 Å². The van der Waals surface area contributed by atoms with Crippen molar-refractivity contribution in [2.75, 3.05) is 13.7 Å². The summed E-state index contributed by atoms with van der Waals surface area (Å²) in [6, 6.07) is 5.55. The van der Waals surface area contributed by atoms with Crippen LogP contribution in [0.1, 0.15) is 45.3 Å². The summed E-state index contributed by atoms with van der Waals surface area (Å²) < 4.78 is 11.1. The summed E-state index contributed by atoms with van der Waals surface area (Å²) in [7, 11) is 1.61. The van der Waals surface area contributed by atoms with Crippen molar-refractivity contribution < 1.29 is 14.6 Å². The van der Waals surface area contributed by atoms with Gasteiger partial charge in [-0.2, -0.15) is 0 Å². The largest absolute Gasteiger partial charge is 0.493 e. The van der Waals surface area contributed by atoms with E-state index in [4.69, 9.17) is 9.47 Å². The van der Waals surface area contributed by atoms with E-state index in [0.29, 0.717) is 18.3 Å². The molecule has 0 aliphatic rings. The molecule has 0 aromatic heterocycles. The standard InChI is InChI=1S/C15H24O3/c1-5-6-11(2)10-18-14-8-7-13(12(3)16)9-15(14)17-4/h7-9,11-12,16H,5-6,10H2,1-4H3. The number of hydrogen-bond acceptors (Lipinski definition) is 3. The molecule has 0 fully saturated rings. The molecule has 0 bridgehead atoms. The quantitative estimate of drug-likeness (QED) is 0.806. The van der Waals surface area contributed by atoms with Crippen LogP contribution in [0.15, 0.2) is 18.2 Å². The van der Waals surface area contributed by atoms with Crippen molar-refractivity contribution in [3.8, 4) is 11.5 Å². The Kier molecular flexibility index (Phi) is 5.99. The maximum Gasteiger partial charge on any atom is 0.161 e. The second kappa shape index (κ2) is 7.27. The molecule has 0 heterocycles. The number of aliphatic hydroxyl groups is 1. The molecule has 2 unspecified atom stereocenters. The Morgan fingerprint density at radius 3 is 2.50 bits per heavy atom. The van der Waals surface area contributed by atoms with Gasteiger partial charge in [-0.3, -0.25) is 0 Å². The van der Waals surface area contributed by atoms with Gasteiger partial charge in [-0.15, -0.1) is 0 Å².